The highest BCUT2D eigenvalue weighted by Crippen LogP contribution is 2.31. The first kappa shape index (κ1) is 12.0. The van der Waals surface area contributed by atoms with Crippen LogP contribution in [0.25, 0.3) is 0 Å². The molecule has 1 aromatic rings. The van der Waals surface area contributed by atoms with Gasteiger partial charge in [-0.25, -0.2) is 4.79 Å². The van der Waals surface area contributed by atoms with E-state index in [0.29, 0.717) is 18.7 Å². The third-order valence-corrected chi connectivity index (χ3v) is 3.50. The molecule has 0 saturated carbocycles. The number of carbonyl (C=O) groups is 1. The van der Waals surface area contributed by atoms with Crippen molar-refractivity contribution in [3.63, 3.8) is 0 Å². The molecule has 1 aliphatic rings. The van der Waals surface area contributed by atoms with E-state index < -0.39 is 11.5 Å². The second-order valence-electron chi connectivity index (χ2n) is 4.61. The topological polar surface area (TPSA) is 79.5 Å². The number of hydrogen-bond donors (Lipinski definition) is 2. The van der Waals surface area contributed by atoms with E-state index in [1.54, 1.807) is 31.5 Å². The Hall–Kier alpha value is -1.46. The van der Waals surface area contributed by atoms with Crippen molar-refractivity contribution in [3.05, 3.63) is 30.1 Å². The molecule has 1 fully saturated rings. The summed E-state index contributed by atoms with van der Waals surface area (Å²) in [4.78, 5) is 17.5. The molecule has 2 heterocycles. The van der Waals surface area contributed by atoms with Crippen molar-refractivity contribution >= 4 is 5.97 Å². The summed E-state index contributed by atoms with van der Waals surface area (Å²) < 4.78 is 0. The van der Waals surface area contributed by atoms with E-state index in [1.807, 2.05) is 4.90 Å². The molecule has 0 aliphatic carbocycles. The molecule has 1 aliphatic heterocycles. The molecule has 2 rings (SSSR count). The van der Waals surface area contributed by atoms with Crippen molar-refractivity contribution in [1.29, 1.82) is 0 Å². The maximum Gasteiger partial charge on any atom is 0.328 e. The minimum absolute atomic E-state index is 0.0605. The fourth-order valence-corrected chi connectivity index (χ4v) is 2.29. The van der Waals surface area contributed by atoms with Gasteiger partial charge in [0.15, 0.2) is 0 Å². The molecule has 5 nitrogen and oxygen atoms in total. The molecular weight excluding hydrogens is 218 g/mol. The van der Waals surface area contributed by atoms with Crippen LogP contribution < -0.4 is 5.73 Å². The Kier molecular flexibility index (Phi) is 3.13. The molecule has 1 aromatic heterocycles. The van der Waals surface area contributed by atoms with Gasteiger partial charge in [-0.05, 0) is 19.4 Å². The summed E-state index contributed by atoms with van der Waals surface area (Å²) in [6.45, 7) is 3.03. The van der Waals surface area contributed by atoms with Crippen molar-refractivity contribution in [1.82, 2.24) is 9.88 Å². The van der Waals surface area contributed by atoms with E-state index in [-0.39, 0.29) is 6.04 Å². The number of carboxylic acid groups (broad SMARTS) is 1. The highest BCUT2D eigenvalue weighted by Gasteiger charge is 2.44. The Morgan fingerprint density at radius 3 is 2.94 bits per heavy atom. The summed E-state index contributed by atoms with van der Waals surface area (Å²) in [6, 6.07) is 3.61. The molecule has 2 atom stereocenters. The lowest BCUT2D eigenvalue weighted by molar-refractivity contribution is -0.150. The first-order chi connectivity index (χ1) is 8.05. The van der Waals surface area contributed by atoms with Crippen molar-refractivity contribution in [2.75, 3.05) is 13.1 Å². The van der Waals surface area contributed by atoms with Crippen LogP contribution in [0.15, 0.2) is 24.5 Å². The number of likely N-dealkylation sites (tertiary alicyclic amines) is 1. The number of carboxylic acids is 1. The summed E-state index contributed by atoms with van der Waals surface area (Å²) in [6.07, 6.45) is 4.09. The highest BCUT2D eigenvalue weighted by atomic mass is 16.4. The average Bonchev–Trinajstić information content (AvgIpc) is 2.76. The molecule has 3 N–H and O–H groups in total. The van der Waals surface area contributed by atoms with Gasteiger partial charge in [0, 0.05) is 37.1 Å². The fourth-order valence-electron chi connectivity index (χ4n) is 2.29. The number of nitrogens with zero attached hydrogens (tertiary/aromatic N) is 2. The number of aliphatic carboxylic acids is 1. The molecule has 0 spiro atoms. The van der Waals surface area contributed by atoms with Gasteiger partial charge in [-0.2, -0.15) is 0 Å². The van der Waals surface area contributed by atoms with Crippen LogP contribution in [0.3, 0.4) is 0 Å². The molecule has 0 radical (unpaired) electrons. The van der Waals surface area contributed by atoms with Crippen LogP contribution in [0.1, 0.15) is 18.9 Å². The zero-order valence-electron chi connectivity index (χ0n) is 9.84. The number of pyridine rings is 1. The largest absolute Gasteiger partial charge is 0.480 e. The summed E-state index contributed by atoms with van der Waals surface area (Å²) in [5.41, 5.74) is 5.51. The minimum Gasteiger partial charge on any atom is -0.480 e. The summed E-state index contributed by atoms with van der Waals surface area (Å²) in [7, 11) is 0. The maximum absolute atomic E-state index is 11.6. The standard InChI is InChI=1S/C12H17N3O2/c1-12(11(16)17,9-3-2-5-14-7-9)15-6-4-10(13)8-15/h2-3,5,7,10H,4,6,8,13H2,1H3,(H,16,17). The van der Waals surface area contributed by atoms with Gasteiger partial charge in [0.05, 0.1) is 0 Å². The summed E-state index contributed by atoms with van der Waals surface area (Å²) in [5.74, 6) is -0.861. The van der Waals surface area contributed by atoms with Gasteiger partial charge in [0.25, 0.3) is 0 Å². The Balaban J connectivity index is 2.37. The highest BCUT2D eigenvalue weighted by molar-refractivity contribution is 5.80. The third kappa shape index (κ3) is 2.03. The maximum atomic E-state index is 11.6. The van der Waals surface area contributed by atoms with Crippen LogP contribution in [0.5, 0.6) is 0 Å². The van der Waals surface area contributed by atoms with Crippen LogP contribution in [0.2, 0.25) is 0 Å². The van der Waals surface area contributed by atoms with Crippen molar-refractivity contribution in [3.8, 4) is 0 Å². The number of aromatic nitrogens is 1. The van der Waals surface area contributed by atoms with Gasteiger partial charge < -0.3 is 10.8 Å². The van der Waals surface area contributed by atoms with Gasteiger partial charge in [-0.3, -0.25) is 9.88 Å². The molecule has 0 amide bonds. The van der Waals surface area contributed by atoms with E-state index >= 15 is 0 Å². The van der Waals surface area contributed by atoms with Crippen molar-refractivity contribution in [2.24, 2.45) is 5.73 Å². The zero-order valence-corrected chi connectivity index (χ0v) is 9.84. The monoisotopic (exact) mass is 235 g/mol. The van der Waals surface area contributed by atoms with Crippen LogP contribution in [0, 0.1) is 0 Å². The molecule has 0 aromatic carbocycles. The zero-order chi connectivity index (χ0) is 12.5. The van der Waals surface area contributed by atoms with Crippen LogP contribution in [0.4, 0.5) is 0 Å². The van der Waals surface area contributed by atoms with Gasteiger partial charge in [-0.15, -0.1) is 0 Å². The van der Waals surface area contributed by atoms with Gasteiger partial charge in [0.1, 0.15) is 5.54 Å². The SMILES string of the molecule is CC(C(=O)O)(c1cccnc1)N1CCC(N)C1. The minimum atomic E-state index is -1.04. The van der Waals surface area contributed by atoms with E-state index in [9.17, 15) is 9.90 Å². The van der Waals surface area contributed by atoms with Crippen molar-refractivity contribution in [2.45, 2.75) is 24.9 Å². The van der Waals surface area contributed by atoms with Crippen LogP contribution >= 0.6 is 0 Å². The average molecular weight is 235 g/mol. The van der Waals surface area contributed by atoms with E-state index in [4.69, 9.17) is 5.73 Å². The Labute approximate surface area is 100 Å². The molecular formula is C12H17N3O2. The first-order valence-electron chi connectivity index (χ1n) is 5.69. The molecule has 17 heavy (non-hydrogen) atoms. The number of rotatable bonds is 3. The molecule has 1 saturated heterocycles. The van der Waals surface area contributed by atoms with Gasteiger partial charge in [-0.1, -0.05) is 6.07 Å². The summed E-state index contributed by atoms with van der Waals surface area (Å²) in [5, 5.41) is 9.52. The normalized spacial score (nSPS) is 24.5. The molecule has 92 valence electrons. The van der Waals surface area contributed by atoms with Gasteiger partial charge >= 0.3 is 5.97 Å². The quantitative estimate of drug-likeness (QED) is 0.793. The first-order valence-corrected chi connectivity index (χ1v) is 5.69. The predicted molar refractivity (Wildman–Crippen MR) is 63.4 cm³/mol. The molecule has 0 bridgehead atoms. The van der Waals surface area contributed by atoms with E-state index in [0.717, 1.165) is 6.42 Å². The lowest BCUT2D eigenvalue weighted by Crippen LogP contribution is -2.49. The Bertz CT molecular complexity index is 409. The van der Waals surface area contributed by atoms with Crippen LogP contribution in [-0.4, -0.2) is 40.1 Å². The van der Waals surface area contributed by atoms with Gasteiger partial charge in [0.2, 0.25) is 0 Å². The van der Waals surface area contributed by atoms with Crippen molar-refractivity contribution < 1.29 is 9.90 Å². The lowest BCUT2D eigenvalue weighted by Gasteiger charge is -2.35. The predicted octanol–water partition coefficient (Wildman–Crippen LogP) is 0.414. The molecule has 2 unspecified atom stereocenters. The second kappa shape index (κ2) is 4.43. The van der Waals surface area contributed by atoms with Crippen LogP contribution in [-0.2, 0) is 10.3 Å². The molecule has 5 heteroatoms. The Morgan fingerprint density at radius 1 is 1.71 bits per heavy atom. The third-order valence-electron chi connectivity index (χ3n) is 3.50. The Morgan fingerprint density at radius 2 is 2.47 bits per heavy atom. The smallest absolute Gasteiger partial charge is 0.328 e. The fraction of sp³-hybridized carbons (Fsp3) is 0.500. The summed E-state index contributed by atoms with van der Waals surface area (Å²) >= 11 is 0. The van der Waals surface area contributed by atoms with E-state index in [1.165, 1.54) is 0 Å². The second-order valence-corrected chi connectivity index (χ2v) is 4.61. The number of hydrogen-bond acceptors (Lipinski definition) is 4. The van der Waals surface area contributed by atoms with E-state index in [2.05, 4.69) is 4.98 Å². The lowest BCUT2D eigenvalue weighted by atomic mass is 9.92. The number of nitrogens with two attached hydrogens (primary N) is 1.